The van der Waals surface area contributed by atoms with E-state index in [1.54, 1.807) is 30.4 Å². The molecule has 1 saturated heterocycles. The number of phenols is 1. The Kier molecular flexibility index (Phi) is 7.02. The summed E-state index contributed by atoms with van der Waals surface area (Å²) in [5.74, 6) is -1.99. The molecule has 0 amide bonds. The van der Waals surface area contributed by atoms with E-state index in [9.17, 15) is 19.8 Å². The Morgan fingerprint density at radius 2 is 2.03 bits per heavy atom. The first-order valence-electron chi connectivity index (χ1n) is 11.0. The fraction of sp³-hybridized carbons (Fsp3) is 0.192. The van der Waals surface area contributed by atoms with Crippen molar-refractivity contribution in [3.05, 3.63) is 87.6 Å². The standard InChI is InChI=1S/C26H23ClFN3O4/c1-29-10-2-4-16(27)12-18-5-3-11-30(18)24-14-23-20(13-22(24)28)25(33)21(26(34)35)15-31(23)17-6-8-19(32)9-7-17/h2,4,6-10,13-15,18,32H,1,3,5,11-12H2,(H,34,35)/b10-2-,16-4+. The van der Waals surface area contributed by atoms with Gasteiger partial charge in [0.05, 0.1) is 11.2 Å². The van der Waals surface area contributed by atoms with Crippen LogP contribution >= 0.6 is 11.6 Å². The lowest BCUT2D eigenvalue weighted by Crippen LogP contribution is -2.30. The van der Waals surface area contributed by atoms with E-state index in [2.05, 4.69) is 11.7 Å². The van der Waals surface area contributed by atoms with Crippen molar-refractivity contribution in [3.8, 4) is 11.4 Å². The van der Waals surface area contributed by atoms with E-state index >= 15 is 4.39 Å². The number of hydrogen-bond donors (Lipinski definition) is 2. The second-order valence-corrected chi connectivity index (χ2v) is 8.70. The molecule has 4 rings (SSSR count). The summed E-state index contributed by atoms with van der Waals surface area (Å²) in [5, 5.41) is 19.8. The zero-order valence-corrected chi connectivity index (χ0v) is 19.5. The highest BCUT2D eigenvalue weighted by atomic mass is 35.5. The number of aromatic carboxylic acids is 1. The van der Waals surface area contributed by atoms with Gasteiger partial charge in [-0.2, -0.15) is 0 Å². The Balaban J connectivity index is 1.85. The molecule has 1 aliphatic heterocycles. The number of halogens is 2. The van der Waals surface area contributed by atoms with Crippen molar-refractivity contribution < 1.29 is 19.4 Å². The van der Waals surface area contributed by atoms with Crippen LogP contribution in [-0.4, -0.2) is 40.1 Å². The molecule has 0 aliphatic carbocycles. The van der Waals surface area contributed by atoms with E-state index in [0.717, 1.165) is 18.9 Å². The second kappa shape index (κ2) is 10.1. The molecule has 3 aromatic rings. The number of benzene rings is 2. The minimum Gasteiger partial charge on any atom is -0.508 e. The number of anilines is 1. The number of carboxylic acids is 1. The molecule has 0 spiro atoms. The summed E-state index contributed by atoms with van der Waals surface area (Å²) >= 11 is 6.38. The SMILES string of the molecule is C=N/C=C\C=C(\Cl)CC1CCCN1c1cc2c(cc1F)c(=O)c(C(=O)O)cn2-c1ccc(O)cc1. The van der Waals surface area contributed by atoms with Crippen molar-refractivity contribution in [2.24, 2.45) is 4.99 Å². The zero-order valence-electron chi connectivity index (χ0n) is 18.7. The molecule has 1 aromatic heterocycles. The summed E-state index contributed by atoms with van der Waals surface area (Å²) in [6.45, 7) is 3.98. The molecule has 0 saturated carbocycles. The van der Waals surface area contributed by atoms with Crippen LogP contribution < -0.4 is 10.3 Å². The minimum atomic E-state index is -1.41. The normalized spacial score (nSPS) is 16.3. The van der Waals surface area contributed by atoms with Crippen LogP contribution in [0, 0.1) is 5.82 Å². The number of carbonyl (C=O) groups is 1. The van der Waals surface area contributed by atoms with Crippen LogP contribution in [0.4, 0.5) is 10.1 Å². The van der Waals surface area contributed by atoms with Crippen molar-refractivity contribution in [3.63, 3.8) is 0 Å². The number of carboxylic acid groups (broad SMARTS) is 1. The average Bonchev–Trinajstić information content (AvgIpc) is 3.27. The van der Waals surface area contributed by atoms with Crippen LogP contribution in [0.3, 0.4) is 0 Å². The number of phenolic OH excluding ortho intramolecular Hbond substituents is 1. The van der Waals surface area contributed by atoms with Gasteiger partial charge < -0.3 is 19.7 Å². The van der Waals surface area contributed by atoms with E-state index < -0.39 is 22.8 Å². The number of hydrogen-bond acceptors (Lipinski definition) is 5. The van der Waals surface area contributed by atoms with Gasteiger partial charge in [0, 0.05) is 47.5 Å². The summed E-state index contributed by atoms with van der Waals surface area (Å²) in [4.78, 5) is 30.1. The zero-order chi connectivity index (χ0) is 25.1. The molecule has 1 fully saturated rings. The number of aromatic hydroxyl groups is 1. The monoisotopic (exact) mass is 495 g/mol. The minimum absolute atomic E-state index is 0.0350. The van der Waals surface area contributed by atoms with Gasteiger partial charge in [-0.05, 0) is 68.1 Å². The van der Waals surface area contributed by atoms with Crippen LogP contribution in [0.15, 0.2) is 75.8 Å². The van der Waals surface area contributed by atoms with Gasteiger partial charge in [-0.3, -0.25) is 9.79 Å². The summed E-state index contributed by atoms with van der Waals surface area (Å²) < 4.78 is 16.9. The van der Waals surface area contributed by atoms with Crippen LogP contribution in [0.2, 0.25) is 0 Å². The number of rotatable bonds is 7. The molecule has 7 nitrogen and oxygen atoms in total. The molecule has 2 aromatic carbocycles. The van der Waals surface area contributed by atoms with Gasteiger partial charge in [-0.15, -0.1) is 0 Å². The first-order valence-corrected chi connectivity index (χ1v) is 11.3. The van der Waals surface area contributed by atoms with Crippen molar-refractivity contribution in [1.82, 2.24) is 4.57 Å². The Labute approximate surface area is 205 Å². The molecule has 0 bridgehead atoms. The van der Waals surface area contributed by atoms with E-state index in [4.69, 9.17) is 11.6 Å². The highest BCUT2D eigenvalue weighted by Crippen LogP contribution is 2.34. The third kappa shape index (κ3) is 4.97. The molecular weight excluding hydrogens is 473 g/mol. The maximum absolute atomic E-state index is 15.4. The van der Waals surface area contributed by atoms with E-state index in [1.165, 1.54) is 29.1 Å². The average molecular weight is 496 g/mol. The number of aliphatic imine (C=N–C) groups is 1. The van der Waals surface area contributed by atoms with Gasteiger partial charge in [0.1, 0.15) is 17.1 Å². The van der Waals surface area contributed by atoms with Crippen LogP contribution in [0.1, 0.15) is 29.6 Å². The molecule has 180 valence electrons. The molecule has 9 heteroatoms. The maximum Gasteiger partial charge on any atom is 0.341 e. The van der Waals surface area contributed by atoms with Crippen LogP contribution in [-0.2, 0) is 0 Å². The predicted molar refractivity (Wildman–Crippen MR) is 136 cm³/mol. The molecule has 1 unspecified atom stereocenters. The Morgan fingerprint density at radius 1 is 1.29 bits per heavy atom. The lowest BCUT2D eigenvalue weighted by molar-refractivity contribution is 0.0695. The fourth-order valence-corrected chi connectivity index (χ4v) is 4.65. The van der Waals surface area contributed by atoms with Crippen LogP contribution in [0.5, 0.6) is 5.75 Å². The first-order chi connectivity index (χ1) is 16.8. The molecule has 35 heavy (non-hydrogen) atoms. The van der Waals surface area contributed by atoms with Gasteiger partial charge in [-0.1, -0.05) is 11.6 Å². The second-order valence-electron chi connectivity index (χ2n) is 8.22. The number of pyridine rings is 1. The summed E-state index contributed by atoms with van der Waals surface area (Å²) in [5.41, 5.74) is -0.0631. The van der Waals surface area contributed by atoms with Crippen molar-refractivity contribution >= 4 is 40.9 Å². The van der Waals surface area contributed by atoms with E-state index in [-0.39, 0.29) is 17.2 Å². The quantitative estimate of drug-likeness (QED) is 0.345. The number of aromatic nitrogens is 1. The van der Waals surface area contributed by atoms with Gasteiger partial charge in [0.25, 0.3) is 0 Å². The molecular formula is C26H23ClFN3O4. The fourth-order valence-electron chi connectivity index (χ4n) is 4.40. The molecule has 0 radical (unpaired) electrons. The van der Waals surface area contributed by atoms with Gasteiger partial charge in [0.15, 0.2) is 0 Å². The summed E-state index contributed by atoms with van der Waals surface area (Å²) in [6.07, 6.45) is 8.31. The summed E-state index contributed by atoms with van der Waals surface area (Å²) in [7, 11) is 0. The smallest absolute Gasteiger partial charge is 0.341 e. The van der Waals surface area contributed by atoms with E-state index in [1.807, 2.05) is 4.90 Å². The lowest BCUT2D eigenvalue weighted by atomic mass is 10.1. The van der Waals surface area contributed by atoms with Gasteiger partial charge >= 0.3 is 5.97 Å². The molecule has 2 heterocycles. The molecule has 1 atom stereocenters. The highest BCUT2D eigenvalue weighted by molar-refractivity contribution is 6.29. The topological polar surface area (TPSA) is 95.1 Å². The number of fused-ring (bicyclic) bond motifs is 1. The molecule has 2 N–H and O–H groups in total. The molecule has 1 aliphatic rings. The Hall–Kier alpha value is -3.91. The van der Waals surface area contributed by atoms with E-state index in [0.29, 0.717) is 34.9 Å². The number of nitrogens with zero attached hydrogens (tertiary/aromatic N) is 3. The highest BCUT2D eigenvalue weighted by Gasteiger charge is 2.28. The third-order valence-corrected chi connectivity index (χ3v) is 6.30. The maximum atomic E-state index is 15.4. The predicted octanol–water partition coefficient (Wildman–Crippen LogP) is 5.23. The van der Waals surface area contributed by atoms with Crippen molar-refractivity contribution in [2.75, 3.05) is 11.4 Å². The largest absolute Gasteiger partial charge is 0.508 e. The third-order valence-electron chi connectivity index (χ3n) is 6.02. The van der Waals surface area contributed by atoms with Gasteiger partial charge in [0.2, 0.25) is 5.43 Å². The van der Waals surface area contributed by atoms with Crippen LogP contribution in [0.25, 0.3) is 16.6 Å². The summed E-state index contributed by atoms with van der Waals surface area (Å²) in [6, 6.07) is 8.69. The Morgan fingerprint density at radius 3 is 2.71 bits per heavy atom. The van der Waals surface area contributed by atoms with Gasteiger partial charge in [-0.25, -0.2) is 9.18 Å². The van der Waals surface area contributed by atoms with Crippen molar-refractivity contribution in [2.45, 2.75) is 25.3 Å². The Bertz CT molecular complexity index is 1410. The van der Waals surface area contributed by atoms with Crippen molar-refractivity contribution in [1.29, 1.82) is 0 Å². The first kappa shape index (κ1) is 24.2. The lowest BCUT2D eigenvalue weighted by Gasteiger charge is -2.28. The number of allylic oxidation sites excluding steroid dienone is 2.